The number of imide groups is 1. The number of hydrogen-bond donors (Lipinski definition) is 0. The third-order valence-corrected chi connectivity index (χ3v) is 7.06. The Morgan fingerprint density at radius 3 is 2.42 bits per heavy atom. The van der Waals surface area contributed by atoms with Gasteiger partial charge in [0.05, 0.1) is 11.7 Å². The maximum absolute atomic E-state index is 13.5. The number of amides is 3. The summed E-state index contributed by atoms with van der Waals surface area (Å²) in [6.45, 7) is 12.0. The Morgan fingerprint density at radius 1 is 1.03 bits per heavy atom. The van der Waals surface area contributed by atoms with Crippen LogP contribution in [0.3, 0.4) is 0 Å². The second-order valence-electron chi connectivity index (χ2n) is 9.82. The number of hydrogen-bond acceptors (Lipinski definition) is 6. The number of benzene rings is 1. The van der Waals surface area contributed by atoms with Gasteiger partial charge in [-0.05, 0) is 48.8 Å². The van der Waals surface area contributed by atoms with Crippen molar-refractivity contribution in [2.75, 3.05) is 26.2 Å². The third-order valence-electron chi connectivity index (χ3n) is 6.51. The Kier molecular flexibility index (Phi) is 6.30. The molecule has 2 aromatic rings. The fourth-order valence-corrected chi connectivity index (χ4v) is 5.27. The highest BCUT2D eigenvalue weighted by molar-refractivity contribution is 7.00. The Labute approximate surface area is 188 Å². The minimum atomic E-state index is -0.667. The van der Waals surface area contributed by atoms with Gasteiger partial charge in [-0.3, -0.25) is 14.6 Å². The molecule has 7 nitrogen and oxygen atoms in total. The minimum absolute atomic E-state index is 0.0181. The molecule has 1 aromatic carbocycles. The summed E-state index contributed by atoms with van der Waals surface area (Å²) in [6, 6.07) is 6.15. The topological polar surface area (TPSA) is 69.6 Å². The van der Waals surface area contributed by atoms with Crippen LogP contribution in [0.25, 0.3) is 11.0 Å². The van der Waals surface area contributed by atoms with Crippen molar-refractivity contribution < 1.29 is 9.59 Å². The highest BCUT2D eigenvalue weighted by atomic mass is 32.1. The van der Waals surface area contributed by atoms with E-state index >= 15 is 0 Å². The van der Waals surface area contributed by atoms with Crippen LogP contribution in [0.15, 0.2) is 18.2 Å². The zero-order valence-corrected chi connectivity index (χ0v) is 19.8. The van der Waals surface area contributed by atoms with Gasteiger partial charge in [0, 0.05) is 32.7 Å². The van der Waals surface area contributed by atoms with Gasteiger partial charge < -0.3 is 4.90 Å². The smallest absolute Gasteiger partial charge is 0.309 e. The van der Waals surface area contributed by atoms with Gasteiger partial charge in [-0.15, -0.1) is 0 Å². The fraction of sp³-hybridized carbons (Fsp3) is 0.652. The molecule has 0 unspecified atom stereocenters. The van der Waals surface area contributed by atoms with Crippen molar-refractivity contribution >= 4 is 34.7 Å². The van der Waals surface area contributed by atoms with Gasteiger partial charge in [0.1, 0.15) is 16.6 Å². The minimum Gasteiger partial charge on any atom is -0.309 e. The molecule has 2 fully saturated rings. The van der Waals surface area contributed by atoms with E-state index in [4.69, 9.17) is 0 Å². The monoisotopic (exact) mass is 443 g/mol. The molecule has 2 saturated heterocycles. The van der Waals surface area contributed by atoms with Gasteiger partial charge in [-0.1, -0.05) is 33.8 Å². The lowest BCUT2D eigenvalue weighted by molar-refractivity contribution is -0.136. The van der Waals surface area contributed by atoms with E-state index in [1.165, 1.54) is 22.2 Å². The molecule has 8 heteroatoms. The number of piperidine rings is 1. The van der Waals surface area contributed by atoms with Crippen molar-refractivity contribution in [2.24, 2.45) is 11.8 Å². The van der Waals surface area contributed by atoms with Gasteiger partial charge in [0.25, 0.3) is 5.91 Å². The summed E-state index contributed by atoms with van der Waals surface area (Å²) in [7, 11) is 0. The average molecular weight is 444 g/mol. The predicted molar refractivity (Wildman–Crippen MR) is 123 cm³/mol. The summed E-state index contributed by atoms with van der Waals surface area (Å²) >= 11 is 1.24. The lowest BCUT2D eigenvalue weighted by Gasteiger charge is -2.42. The van der Waals surface area contributed by atoms with E-state index in [0.717, 1.165) is 37.1 Å². The summed E-state index contributed by atoms with van der Waals surface area (Å²) in [6.07, 6.45) is 2.32. The molecule has 0 saturated carbocycles. The van der Waals surface area contributed by atoms with Gasteiger partial charge in [0.15, 0.2) is 0 Å². The second-order valence-corrected chi connectivity index (χ2v) is 10.3. The van der Waals surface area contributed by atoms with Crippen molar-refractivity contribution in [1.29, 1.82) is 0 Å². The maximum Gasteiger partial charge on any atom is 0.327 e. The van der Waals surface area contributed by atoms with Crippen molar-refractivity contribution in [3.05, 3.63) is 23.8 Å². The molecule has 0 aliphatic carbocycles. The quantitative estimate of drug-likeness (QED) is 0.605. The molecule has 1 spiro atoms. The van der Waals surface area contributed by atoms with Crippen LogP contribution in [0.4, 0.5) is 4.79 Å². The molecule has 3 amide bonds. The lowest BCUT2D eigenvalue weighted by Crippen LogP contribution is -2.56. The van der Waals surface area contributed by atoms with E-state index in [2.05, 4.69) is 53.5 Å². The third kappa shape index (κ3) is 4.32. The molecule has 0 radical (unpaired) electrons. The van der Waals surface area contributed by atoms with Gasteiger partial charge in [-0.2, -0.15) is 8.75 Å². The van der Waals surface area contributed by atoms with Crippen molar-refractivity contribution in [3.63, 3.8) is 0 Å². The Morgan fingerprint density at radius 2 is 1.74 bits per heavy atom. The Bertz CT molecular complexity index is 948. The van der Waals surface area contributed by atoms with Crippen LogP contribution in [0, 0.1) is 11.8 Å². The zero-order valence-electron chi connectivity index (χ0n) is 19.0. The van der Waals surface area contributed by atoms with Crippen LogP contribution < -0.4 is 0 Å². The SMILES string of the molecule is CC(C)CCN1C(=O)N(CC(C)C)C(=O)C12CCN(Cc1ccc3nsnc3c1)CC2. The second kappa shape index (κ2) is 8.82. The lowest BCUT2D eigenvalue weighted by atomic mass is 9.85. The number of rotatable bonds is 7. The van der Waals surface area contributed by atoms with E-state index in [9.17, 15) is 9.59 Å². The first-order chi connectivity index (χ1) is 14.8. The molecule has 4 rings (SSSR count). The molecule has 168 valence electrons. The van der Waals surface area contributed by atoms with Crippen LogP contribution in [0.2, 0.25) is 0 Å². The van der Waals surface area contributed by atoms with E-state index in [1.807, 2.05) is 11.0 Å². The number of carbonyl (C=O) groups is 2. The molecule has 1 aromatic heterocycles. The first-order valence-corrected chi connectivity index (χ1v) is 12.1. The molecule has 2 aliphatic heterocycles. The zero-order chi connectivity index (χ0) is 22.2. The average Bonchev–Trinajstić information content (AvgIpc) is 3.26. The number of urea groups is 1. The van der Waals surface area contributed by atoms with Crippen molar-refractivity contribution in [2.45, 2.75) is 59.0 Å². The van der Waals surface area contributed by atoms with Crippen LogP contribution in [0.5, 0.6) is 0 Å². The summed E-state index contributed by atoms with van der Waals surface area (Å²) in [5.41, 5.74) is 2.42. The molecule has 31 heavy (non-hydrogen) atoms. The summed E-state index contributed by atoms with van der Waals surface area (Å²) in [5.74, 6) is 0.782. The van der Waals surface area contributed by atoms with Crippen LogP contribution >= 0.6 is 11.7 Å². The number of nitrogens with zero attached hydrogens (tertiary/aromatic N) is 5. The predicted octanol–water partition coefficient (Wildman–Crippen LogP) is 3.99. The fourth-order valence-electron chi connectivity index (χ4n) is 4.75. The summed E-state index contributed by atoms with van der Waals surface area (Å²) in [4.78, 5) is 32.5. The van der Waals surface area contributed by atoms with Crippen molar-refractivity contribution in [1.82, 2.24) is 23.4 Å². The highest BCUT2D eigenvalue weighted by Gasteiger charge is 2.57. The molecule has 2 aliphatic rings. The van der Waals surface area contributed by atoms with E-state index in [1.54, 1.807) is 0 Å². The van der Waals surface area contributed by atoms with Gasteiger partial charge >= 0.3 is 6.03 Å². The first kappa shape index (κ1) is 22.1. The molecule has 0 N–H and O–H groups in total. The molecule has 0 bridgehead atoms. The van der Waals surface area contributed by atoms with E-state index < -0.39 is 5.54 Å². The Balaban J connectivity index is 1.48. The largest absolute Gasteiger partial charge is 0.327 e. The van der Waals surface area contributed by atoms with E-state index in [-0.39, 0.29) is 17.9 Å². The molecular weight excluding hydrogens is 410 g/mol. The van der Waals surface area contributed by atoms with Gasteiger partial charge in [-0.25, -0.2) is 4.79 Å². The summed E-state index contributed by atoms with van der Waals surface area (Å²) < 4.78 is 8.62. The Hall–Kier alpha value is -2.06. The number of carbonyl (C=O) groups excluding carboxylic acids is 2. The maximum atomic E-state index is 13.5. The number of likely N-dealkylation sites (tertiary alicyclic amines) is 1. The van der Waals surface area contributed by atoms with Crippen molar-refractivity contribution in [3.8, 4) is 0 Å². The van der Waals surface area contributed by atoms with Gasteiger partial charge in [0.2, 0.25) is 0 Å². The standard InChI is InChI=1S/C23H33N5O2S/c1-16(2)7-10-28-22(30)27(14-17(3)4)21(29)23(28)8-11-26(12-9-23)15-18-5-6-19-20(13-18)25-31-24-19/h5-6,13,16-17H,7-12,14-15H2,1-4H3. The first-order valence-electron chi connectivity index (χ1n) is 11.4. The highest BCUT2D eigenvalue weighted by Crippen LogP contribution is 2.38. The number of fused-ring (bicyclic) bond motifs is 1. The van der Waals surface area contributed by atoms with Crippen LogP contribution in [0.1, 0.15) is 52.5 Å². The van der Waals surface area contributed by atoms with Crippen LogP contribution in [-0.2, 0) is 11.3 Å². The van der Waals surface area contributed by atoms with E-state index in [0.29, 0.717) is 31.8 Å². The van der Waals surface area contributed by atoms with Crippen LogP contribution in [-0.4, -0.2) is 67.1 Å². The molecule has 3 heterocycles. The normalized spacial score (nSPS) is 19.7. The summed E-state index contributed by atoms with van der Waals surface area (Å²) in [5, 5.41) is 0. The molecule has 0 atom stereocenters. The number of aromatic nitrogens is 2. The molecular formula is C23H33N5O2S.